The van der Waals surface area contributed by atoms with Gasteiger partial charge < -0.3 is 15.0 Å². The first-order valence-corrected chi connectivity index (χ1v) is 8.28. The first kappa shape index (κ1) is 15.5. The van der Waals surface area contributed by atoms with Crippen LogP contribution in [0.4, 0.5) is 0 Å². The van der Waals surface area contributed by atoms with Crippen molar-refractivity contribution in [3.63, 3.8) is 0 Å². The van der Waals surface area contributed by atoms with E-state index in [0.29, 0.717) is 30.4 Å². The third-order valence-corrected chi connectivity index (χ3v) is 5.72. The minimum absolute atomic E-state index is 0.0331. The largest absolute Gasteiger partial charge is 0.380 e. The summed E-state index contributed by atoms with van der Waals surface area (Å²) >= 11 is 0. The first-order valence-electron chi connectivity index (χ1n) is 6.84. The van der Waals surface area contributed by atoms with Gasteiger partial charge in [0.1, 0.15) is 0 Å². The summed E-state index contributed by atoms with van der Waals surface area (Å²) in [6, 6.07) is 1.69. The average Bonchev–Trinajstić information content (AvgIpc) is 2.89. The van der Waals surface area contributed by atoms with Crippen molar-refractivity contribution in [2.45, 2.75) is 30.9 Å². The third kappa shape index (κ3) is 3.06. The zero-order valence-electron chi connectivity index (χ0n) is 12.2. The van der Waals surface area contributed by atoms with Crippen molar-refractivity contribution in [3.05, 3.63) is 18.0 Å². The summed E-state index contributed by atoms with van der Waals surface area (Å²) < 4.78 is 32.1. The normalized spacial score (nSPS) is 24.9. The van der Waals surface area contributed by atoms with E-state index in [-0.39, 0.29) is 6.10 Å². The Balaban J connectivity index is 2.17. The van der Waals surface area contributed by atoms with E-state index in [0.717, 1.165) is 12.1 Å². The lowest BCUT2D eigenvalue weighted by molar-refractivity contribution is 0.0184. The Kier molecular flexibility index (Phi) is 4.85. The summed E-state index contributed by atoms with van der Waals surface area (Å²) in [5.41, 5.74) is 0.861. The van der Waals surface area contributed by atoms with E-state index in [1.807, 2.05) is 7.05 Å². The van der Waals surface area contributed by atoms with Crippen LogP contribution in [-0.4, -0.2) is 51.1 Å². The number of piperidine rings is 1. The zero-order chi connectivity index (χ0) is 14.8. The quantitative estimate of drug-likeness (QED) is 0.843. The van der Waals surface area contributed by atoms with E-state index < -0.39 is 10.0 Å². The summed E-state index contributed by atoms with van der Waals surface area (Å²) in [5.74, 6) is 0.387. The number of ether oxygens (including phenoxy) is 1. The van der Waals surface area contributed by atoms with Crippen LogP contribution in [0.15, 0.2) is 17.2 Å². The number of sulfonamides is 1. The highest BCUT2D eigenvalue weighted by Crippen LogP contribution is 2.25. The third-order valence-electron chi connectivity index (χ3n) is 3.88. The van der Waals surface area contributed by atoms with Gasteiger partial charge in [-0.2, -0.15) is 4.31 Å². The number of methoxy groups -OCH3 is 1. The van der Waals surface area contributed by atoms with Gasteiger partial charge in [-0.05, 0) is 25.5 Å². The lowest BCUT2D eigenvalue weighted by atomic mass is 9.97. The van der Waals surface area contributed by atoms with Crippen LogP contribution in [-0.2, 0) is 21.3 Å². The van der Waals surface area contributed by atoms with Crippen molar-refractivity contribution in [1.29, 1.82) is 0 Å². The Morgan fingerprint density at radius 3 is 2.95 bits per heavy atom. The van der Waals surface area contributed by atoms with Crippen LogP contribution >= 0.6 is 0 Å². The highest BCUT2D eigenvalue weighted by Gasteiger charge is 2.34. The molecule has 20 heavy (non-hydrogen) atoms. The topological polar surface area (TPSA) is 74.4 Å². The van der Waals surface area contributed by atoms with Crippen LogP contribution in [0.25, 0.3) is 0 Å². The molecule has 1 aliphatic heterocycles. The van der Waals surface area contributed by atoms with Crippen molar-refractivity contribution in [2.24, 2.45) is 5.92 Å². The van der Waals surface area contributed by atoms with Crippen molar-refractivity contribution in [2.75, 3.05) is 27.2 Å². The minimum atomic E-state index is -3.43. The molecule has 114 valence electrons. The predicted octanol–water partition coefficient (Wildman–Crippen LogP) is 0.780. The number of aromatic nitrogens is 1. The molecule has 1 saturated heterocycles. The van der Waals surface area contributed by atoms with E-state index in [1.165, 1.54) is 4.31 Å². The number of rotatable bonds is 5. The lowest BCUT2D eigenvalue weighted by Gasteiger charge is -2.35. The van der Waals surface area contributed by atoms with Crippen molar-refractivity contribution < 1.29 is 13.2 Å². The number of aromatic amines is 1. The minimum Gasteiger partial charge on any atom is -0.380 e. The summed E-state index contributed by atoms with van der Waals surface area (Å²) in [7, 11) is 0.0295. The molecule has 1 aliphatic rings. The van der Waals surface area contributed by atoms with E-state index >= 15 is 0 Å². The molecule has 0 spiro atoms. The maximum atomic E-state index is 12.6. The summed E-state index contributed by atoms with van der Waals surface area (Å²) in [6.45, 7) is 3.69. The fourth-order valence-electron chi connectivity index (χ4n) is 2.54. The fraction of sp³-hybridized carbons (Fsp3) is 0.692. The van der Waals surface area contributed by atoms with Gasteiger partial charge in [0, 0.05) is 38.6 Å². The van der Waals surface area contributed by atoms with Gasteiger partial charge in [-0.1, -0.05) is 6.92 Å². The van der Waals surface area contributed by atoms with Crippen LogP contribution in [0.3, 0.4) is 0 Å². The van der Waals surface area contributed by atoms with E-state index in [9.17, 15) is 8.42 Å². The molecule has 2 unspecified atom stereocenters. The highest BCUT2D eigenvalue weighted by atomic mass is 32.2. The van der Waals surface area contributed by atoms with Crippen LogP contribution in [0.2, 0.25) is 0 Å². The molecule has 2 N–H and O–H groups in total. The highest BCUT2D eigenvalue weighted by molar-refractivity contribution is 7.89. The van der Waals surface area contributed by atoms with E-state index in [1.54, 1.807) is 19.4 Å². The van der Waals surface area contributed by atoms with Gasteiger partial charge in [-0.15, -0.1) is 0 Å². The van der Waals surface area contributed by atoms with Crippen LogP contribution in [0.1, 0.15) is 19.0 Å². The fourth-order valence-corrected chi connectivity index (χ4v) is 4.03. The standard InChI is InChI=1S/C13H23N3O3S/c1-10-4-5-16(9-13(10)19-3)20(17,18)12-6-11(7-14-2)15-8-12/h6,8,10,13-15H,4-5,7,9H2,1-3H3. The van der Waals surface area contributed by atoms with Gasteiger partial charge in [-0.3, -0.25) is 0 Å². The summed E-state index contributed by atoms with van der Waals surface area (Å²) in [5, 5.41) is 2.99. The van der Waals surface area contributed by atoms with Gasteiger partial charge >= 0.3 is 0 Å². The van der Waals surface area contributed by atoms with Crippen LogP contribution in [0.5, 0.6) is 0 Å². The molecule has 1 aromatic rings. The molecule has 0 radical (unpaired) electrons. The van der Waals surface area contributed by atoms with Crippen LogP contribution < -0.4 is 5.32 Å². The SMILES string of the molecule is CNCc1cc(S(=O)(=O)N2CCC(C)C(OC)C2)c[nH]1. The first-order chi connectivity index (χ1) is 9.48. The summed E-state index contributed by atoms with van der Waals surface area (Å²) in [4.78, 5) is 3.31. The number of nitrogens with one attached hydrogen (secondary N) is 2. The Bertz CT molecular complexity index is 541. The second kappa shape index (κ2) is 6.26. The molecule has 0 bridgehead atoms. The number of hydrogen-bond donors (Lipinski definition) is 2. The smallest absolute Gasteiger partial charge is 0.244 e. The van der Waals surface area contributed by atoms with Gasteiger partial charge in [0.2, 0.25) is 10.0 Å². The molecule has 1 fully saturated rings. The zero-order valence-corrected chi connectivity index (χ0v) is 13.0. The number of H-pyrrole nitrogens is 1. The van der Waals surface area contributed by atoms with E-state index in [2.05, 4.69) is 17.2 Å². The Labute approximate surface area is 120 Å². The second-order valence-corrected chi connectivity index (χ2v) is 7.23. The van der Waals surface area contributed by atoms with Gasteiger partial charge in [-0.25, -0.2) is 8.42 Å². The molecule has 7 heteroatoms. The molecular formula is C13H23N3O3S. The Morgan fingerprint density at radius 2 is 2.30 bits per heavy atom. The maximum absolute atomic E-state index is 12.6. The Hall–Kier alpha value is -0.890. The van der Waals surface area contributed by atoms with Crippen molar-refractivity contribution in [3.8, 4) is 0 Å². The second-order valence-electron chi connectivity index (χ2n) is 5.29. The molecule has 0 aliphatic carbocycles. The molecule has 0 saturated carbocycles. The number of nitrogens with zero attached hydrogens (tertiary/aromatic N) is 1. The summed E-state index contributed by atoms with van der Waals surface area (Å²) in [6.07, 6.45) is 2.35. The van der Waals surface area contributed by atoms with Crippen molar-refractivity contribution in [1.82, 2.24) is 14.6 Å². The van der Waals surface area contributed by atoms with E-state index in [4.69, 9.17) is 4.74 Å². The molecule has 6 nitrogen and oxygen atoms in total. The molecule has 2 heterocycles. The lowest BCUT2D eigenvalue weighted by Crippen LogP contribution is -2.46. The molecule has 1 aromatic heterocycles. The molecule has 0 amide bonds. The van der Waals surface area contributed by atoms with Crippen LogP contribution in [0, 0.1) is 5.92 Å². The Morgan fingerprint density at radius 1 is 1.55 bits per heavy atom. The molecule has 2 rings (SSSR count). The molecular weight excluding hydrogens is 278 g/mol. The van der Waals surface area contributed by atoms with Gasteiger partial charge in [0.15, 0.2) is 0 Å². The number of hydrogen-bond acceptors (Lipinski definition) is 4. The monoisotopic (exact) mass is 301 g/mol. The van der Waals surface area contributed by atoms with Gasteiger partial charge in [0.05, 0.1) is 11.0 Å². The maximum Gasteiger partial charge on any atom is 0.244 e. The average molecular weight is 301 g/mol. The predicted molar refractivity (Wildman–Crippen MR) is 76.9 cm³/mol. The van der Waals surface area contributed by atoms with Gasteiger partial charge in [0.25, 0.3) is 0 Å². The molecule has 0 aromatic carbocycles. The molecule has 2 atom stereocenters. The van der Waals surface area contributed by atoms with Crippen molar-refractivity contribution >= 4 is 10.0 Å².